The highest BCUT2D eigenvalue weighted by Gasteiger charge is 2.47. The highest BCUT2D eigenvalue weighted by atomic mass is 16.6. The zero-order chi connectivity index (χ0) is 16.1. The van der Waals surface area contributed by atoms with Crippen molar-refractivity contribution >= 4 is 11.8 Å². The van der Waals surface area contributed by atoms with Gasteiger partial charge in [0.1, 0.15) is 17.0 Å². The first kappa shape index (κ1) is 15.7. The van der Waals surface area contributed by atoms with Gasteiger partial charge in [0.2, 0.25) is 0 Å². The van der Waals surface area contributed by atoms with E-state index in [1.54, 1.807) is 0 Å². The minimum Gasteiger partial charge on any atom is -0.487 e. The summed E-state index contributed by atoms with van der Waals surface area (Å²) in [5.41, 5.74) is 0.900. The van der Waals surface area contributed by atoms with Crippen LogP contribution in [-0.4, -0.2) is 17.3 Å². The molecule has 1 aliphatic rings. The van der Waals surface area contributed by atoms with E-state index in [1.165, 1.54) is 0 Å². The molecular formula is C17H25NO3. The lowest BCUT2D eigenvalue weighted by Gasteiger charge is -2.33. The molecule has 2 rings (SSSR count). The lowest BCUT2D eigenvalue weighted by molar-refractivity contribution is 0.0636. The largest absolute Gasteiger partial charge is 0.487 e. The second kappa shape index (κ2) is 4.65. The number of carbonyl (C=O) groups excluding carboxylic acids is 1. The van der Waals surface area contributed by atoms with Gasteiger partial charge in [0.15, 0.2) is 0 Å². The fraction of sp³-hybridized carbons (Fsp3) is 0.588. The topological polar surface area (TPSA) is 47.6 Å². The van der Waals surface area contributed by atoms with Crippen LogP contribution in [0.5, 0.6) is 5.75 Å². The molecule has 0 bridgehead atoms. The molecule has 4 heteroatoms. The zero-order valence-electron chi connectivity index (χ0n) is 14.0. The van der Waals surface area contributed by atoms with Crippen molar-refractivity contribution in [2.24, 2.45) is 0 Å². The SMILES string of the molecule is CC(C)(C)OC(=O)Nc1ccc2c(c1)C(C)(C)C(C)(C)O2. The van der Waals surface area contributed by atoms with Gasteiger partial charge in [-0.2, -0.15) is 0 Å². The van der Waals surface area contributed by atoms with Gasteiger partial charge in [-0.3, -0.25) is 5.32 Å². The van der Waals surface area contributed by atoms with Gasteiger partial charge in [0, 0.05) is 16.7 Å². The first-order valence-electron chi connectivity index (χ1n) is 7.26. The number of hydrogen-bond donors (Lipinski definition) is 1. The number of fused-ring (bicyclic) bond motifs is 1. The summed E-state index contributed by atoms with van der Waals surface area (Å²) in [6, 6.07) is 5.70. The number of nitrogens with one attached hydrogen (secondary N) is 1. The number of ether oxygens (including phenoxy) is 2. The summed E-state index contributed by atoms with van der Waals surface area (Å²) in [6.07, 6.45) is -0.446. The quantitative estimate of drug-likeness (QED) is 0.829. The fourth-order valence-corrected chi connectivity index (χ4v) is 2.33. The molecule has 0 saturated carbocycles. The third-order valence-corrected chi connectivity index (χ3v) is 4.17. The molecule has 1 aromatic carbocycles. The normalized spacial score (nSPS) is 18.6. The Bertz CT molecular complexity index is 568. The third-order valence-electron chi connectivity index (χ3n) is 4.17. The molecule has 0 radical (unpaired) electrons. The van der Waals surface area contributed by atoms with Gasteiger partial charge in [-0.15, -0.1) is 0 Å². The van der Waals surface area contributed by atoms with E-state index < -0.39 is 11.7 Å². The van der Waals surface area contributed by atoms with Crippen molar-refractivity contribution in [3.05, 3.63) is 23.8 Å². The molecule has 1 aliphatic heterocycles. The summed E-state index contributed by atoms with van der Waals surface area (Å²) in [4.78, 5) is 11.9. The Labute approximate surface area is 126 Å². The number of benzene rings is 1. The van der Waals surface area contributed by atoms with E-state index in [0.29, 0.717) is 0 Å². The summed E-state index contributed by atoms with van der Waals surface area (Å²) in [6.45, 7) is 14.0. The van der Waals surface area contributed by atoms with Crippen LogP contribution in [-0.2, 0) is 10.2 Å². The Morgan fingerprint density at radius 3 is 2.38 bits per heavy atom. The van der Waals surface area contributed by atoms with Crippen LogP contribution < -0.4 is 10.1 Å². The van der Waals surface area contributed by atoms with Crippen molar-refractivity contribution in [3.8, 4) is 5.75 Å². The van der Waals surface area contributed by atoms with E-state index >= 15 is 0 Å². The van der Waals surface area contributed by atoms with Crippen LogP contribution in [0.1, 0.15) is 54.0 Å². The Balaban J connectivity index is 2.22. The molecule has 1 amide bonds. The van der Waals surface area contributed by atoms with E-state index in [-0.39, 0.29) is 11.0 Å². The molecule has 0 unspecified atom stereocenters. The molecule has 1 heterocycles. The van der Waals surface area contributed by atoms with Crippen LogP contribution in [0.3, 0.4) is 0 Å². The molecule has 0 spiro atoms. The van der Waals surface area contributed by atoms with Gasteiger partial charge in [-0.1, -0.05) is 13.8 Å². The number of amides is 1. The molecule has 21 heavy (non-hydrogen) atoms. The monoisotopic (exact) mass is 291 g/mol. The third kappa shape index (κ3) is 2.99. The second-order valence-electron chi connectivity index (χ2n) is 7.58. The molecule has 1 N–H and O–H groups in total. The van der Waals surface area contributed by atoms with Gasteiger partial charge >= 0.3 is 6.09 Å². The second-order valence-corrected chi connectivity index (χ2v) is 7.58. The van der Waals surface area contributed by atoms with Gasteiger partial charge < -0.3 is 9.47 Å². The van der Waals surface area contributed by atoms with Crippen molar-refractivity contribution in [3.63, 3.8) is 0 Å². The van der Waals surface area contributed by atoms with E-state index in [4.69, 9.17) is 9.47 Å². The van der Waals surface area contributed by atoms with Gasteiger partial charge in [0.05, 0.1) is 0 Å². The lowest BCUT2D eigenvalue weighted by atomic mass is 9.74. The molecule has 0 aliphatic carbocycles. The predicted octanol–water partition coefficient (Wildman–Crippen LogP) is 4.48. The van der Waals surface area contributed by atoms with Crippen LogP contribution >= 0.6 is 0 Å². The molecule has 0 fully saturated rings. The van der Waals surface area contributed by atoms with Gasteiger partial charge in [-0.25, -0.2) is 4.79 Å². The Kier molecular flexibility index (Phi) is 3.47. The van der Waals surface area contributed by atoms with Crippen LogP contribution in [0.25, 0.3) is 0 Å². The minimum absolute atomic E-state index is 0.131. The number of rotatable bonds is 1. The van der Waals surface area contributed by atoms with Crippen molar-refractivity contribution in [1.29, 1.82) is 0 Å². The zero-order valence-corrected chi connectivity index (χ0v) is 14.0. The van der Waals surface area contributed by atoms with Crippen LogP contribution in [0.15, 0.2) is 18.2 Å². The Morgan fingerprint density at radius 2 is 1.81 bits per heavy atom. The van der Waals surface area contributed by atoms with Crippen molar-refractivity contribution in [2.75, 3.05) is 5.32 Å². The summed E-state index contributed by atoms with van der Waals surface area (Å²) in [5.74, 6) is 0.875. The van der Waals surface area contributed by atoms with Crippen LogP contribution in [0.4, 0.5) is 10.5 Å². The average molecular weight is 291 g/mol. The Hall–Kier alpha value is -1.71. The molecule has 0 atom stereocenters. The first-order valence-corrected chi connectivity index (χ1v) is 7.26. The van der Waals surface area contributed by atoms with Crippen molar-refractivity contribution < 1.29 is 14.3 Å². The molecule has 116 valence electrons. The smallest absolute Gasteiger partial charge is 0.412 e. The highest BCUT2D eigenvalue weighted by molar-refractivity contribution is 5.85. The number of carbonyl (C=O) groups is 1. The fourth-order valence-electron chi connectivity index (χ4n) is 2.33. The molecular weight excluding hydrogens is 266 g/mol. The van der Waals surface area contributed by atoms with E-state index in [9.17, 15) is 4.79 Å². The maximum atomic E-state index is 11.9. The molecule has 1 aromatic rings. The minimum atomic E-state index is -0.509. The maximum Gasteiger partial charge on any atom is 0.412 e. The average Bonchev–Trinajstić information content (AvgIpc) is 2.44. The molecule has 4 nitrogen and oxygen atoms in total. The van der Waals surface area contributed by atoms with Crippen LogP contribution in [0, 0.1) is 0 Å². The summed E-state index contributed by atoms with van der Waals surface area (Å²) in [5, 5.41) is 2.78. The number of anilines is 1. The van der Waals surface area contributed by atoms with Gasteiger partial charge in [-0.05, 0) is 52.8 Å². The standard InChI is InChI=1S/C17H25NO3/c1-15(2,3)21-14(19)18-11-8-9-13-12(10-11)16(4,5)17(6,7)20-13/h8-10H,1-7H3,(H,18,19). The predicted molar refractivity (Wildman–Crippen MR) is 84.0 cm³/mol. The van der Waals surface area contributed by atoms with E-state index in [0.717, 1.165) is 17.0 Å². The summed E-state index contributed by atoms with van der Waals surface area (Å²) in [7, 11) is 0. The van der Waals surface area contributed by atoms with Gasteiger partial charge in [0.25, 0.3) is 0 Å². The highest BCUT2D eigenvalue weighted by Crippen LogP contribution is 2.49. The lowest BCUT2D eigenvalue weighted by Crippen LogP contribution is -2.42. The Morgan fingerprint density at radius 1 is 1.19 bits per heavy atom. The van der Waals surface area contributed by atoms with Crippen LogP contribution in [0.2, 0.25) is 0 Å². The first-order chi connectivity index (χ1) is 9.42. The van der Waals surface area contributed by atoms with E-state index in [1.807, 2.05) is 39.0 Å². The van der Waals surface area contributed by atoms with E-state index in [2.05, 4.69) is 33.0 Å². The summed E-state index contributed by atoms with van der Waals surface area (Å²) >= 11 is 0. The number of hydrogen-bond acceptors (Lipinski definition) is 3. The molecule has 0 saturated heterocycles. The van der Waals surface area contributed by atoms with Crippen molar-refractivity contribution in [1.82, 2.24) is 0 Å². The van der Waals surface area contributed by atoms with Crippen molar-refractivity contribution in [2.45, 2.75) is 65.1 Å². The summed E-state index contributed by atoms with van der Waals surface area (Å²) < 4.78 is 11.3. The molecule has 0 aromatic heterocycles. The maximum absolute atomic E-state index is 11.9.